The monoisotopic (exact) mass is 754 g/mol. The van der Waals surface area contributed by atoms with E-state index in [1.165, 1.54) is 11.3 Å². The number of benzene rings is 3. The summed E-state index contributed by atoms with van der Waals surface area (Å²) in [6, 6.07) is 18.2. The van der Waals surface area contributed by atoms with Crippen molar-refractivity contribution in [3.63, 3.8) is 0 Å². The van der Waals surface area contributed by atoms with Gasteiger partial charge in [-0.3, -0.25) is 9.36 Å². The first kappa shape index (κ1) is 32.7. The van der Waals surface area contributed by atoms with Gasteiger partial charge in [0.05, 0.1) is 36.6 Å². The predicted octanol–water partition coefficient (Wildman–Crippen LogP) is 6.70. The van der Waals surface area contributed by atoms with Crippen molar-refractivity contribution in [2.75, 3.05) is 20.8 Å². The average Bonchev–Trinajstić information content (AvgIpc) is 3.35. The zero-order valence-electron chi connectivity index (χ0n) is 25.3. The molecule has 0 bridgehead atoms. The highest BCUT2D eigenvalue weighted by molar-refractivity contribution is 9.10. The van der Waals surface area contributed by atoms with Gasteiger partial charge in [-0.25, -0.2) is 9.79 Å². The van der Waals surface area contributed by atoms with Crippen molar-refractivity contribution in [3.8, 4) is 17.2 Å². The van der Waals surface area contributed by atoms with Crippen LogP contribution in [0.3, 0.4) is 0 Å². The van der Waals surface area contributed by atoms with Crippen LogP contribution in [0.15, 0.2) is 90.7 Å². The minimum Gasteiger partial charge on any atom is -0.496 e. The third-order valence-electron chi connectivity index (χ3n) is 7.19. The van der Waals surface area contributed by atoms with Crippen molar-refractivity contribution in [3.05, 3.63) is 117 Å². The van der Waals surface area contributed by atoms with Crippen molar-refractivity contribution in [1.82, 2.24) is 4.57 Å². The Hall–Kier alpha value is -3.67. The standard InChI is InChI=1S/C34H32Br2N2O6S/c1-5-10-25-30(33(40)43-6-2)31(23-17-22(35)13-14-26(23)41-3)38-32(39)29(45-34(38)37-25)16-21-15-27(42-4)28(18-24(21)36)44-19-20-11-8-7-9-12-20/h7-9,11-18,31H,5-6,10,19H2,1-4H3/b29-16+/t31-/m1/s1. The molecule has 0 spiro atoms. The molecular formula is C34H32Br2N2O6S. The van der Waals surface area contributed by atoms with Gasteiger partial charge in [0.1, 0.15) is 18.4 Å². The van der Waals surface area contributed by atoms with Gasteiger partial charge >= 0.3 is 5.97 Å². The van der Waals surface area contributed by atoms with Crippen LogP contribution < -0.4 is 29.1 Å². The molecule has 8 nitrogen and oxygen atoms in total. The lowest BCUT2D eigenvalue weighted by Gasteiger charge is -2.27. The first-order chi connectivity index (χ1) is 21.8. The van der Waals surface area contributed by atoms with E-state index < -0.39 is 12.0 Å². The molecule has 0 saturated heterocycles. The van der Waals surface area contributed by atoms with Crippen LogP contribution in [0.1, 0.15) is 49.4 Å². The molecule has 0 aliphatic carbocycles. The van der Waals surface area contributed by atoms with E-state index in [9.17, 15) is 9.59 Å². The second kappa shape index (κ2) is 14.6. The zero-order chi connectivity index (χ0) is 32.1. The van der Waals surface area contributed by atoms with Crippen LogP contribution >= 0.6 is 43.2 Å². The molecule has 5 rings (SSSR count). The summed E-state index contributed by atoms with van der Waals surface area (Å²) < 4.78 is 26.4. The van der Waals surface area contributed by atoms with Crippen molar-refractivity contribution in [1.29, 1.82) is 0 Å². The first-order valence-electron chi connectivity index (χ1n) is 14.4. The number of ether oxygens (including phenoxy) is 4. The lowest BCUT2D eigenvalue weighted by molar-refractivity contribution is -0.139. The summed E-state index contributed by atoms with van der Waals surface area (Å²) in [4.78, 5) is 33.1. The van der Waals surface area contributed by atoms with E-state index in [-0.39, 0.29) is 12.2 Å². The fourth-order valence-electron chi connectivity index (χ4n) is 5.14. The quantitative estimate of drug-likeness (QED) is 0.159. The molecule has 45 heavy (non-hydrogen) atoms. The van der Waals surface area contributed by atoms with Crippen molar-refractivity contribution in [2.45, 2.75) is 39.3 Å². The van der Waals surface area contributed by atoms with Gasteiger partial charge in [-0.05, 0) is 60.9 Å². The Morgan fingerprint density at radius 2 is 1.76 bits per heavy atom. The number of rotatable bonds is 11. The highest BCUT2D eigenvalue weighted by atomic mass is 79.9. The third-order valence-corrected chi connectivity index (χ3v) is 9.35. The van der Waals surface area contributed by atoms with Crippen LogP contribution in [0.2, 0.25) is 0 Å². The topological polar surface area (TPSA) is 88.4 Å². The number of methoxy groups -OCH3 is 2. The number of allylic oxidation sites excluding steroid dienone is 1. The summed E-state index contributed by atoms with van der Waals surface area (Å²) in [6.07, 6.45) is 3.09. The lowest BCUT2D eigenvalue weighted by atomic mass is 9.93. The summed E-state index contributed by atoms with van der Waals surface area (Å²) in [7, 11) is 3.14. The number of esters is 1. The third kappa shape index (κ3) is 6.95. The molecule has 1 atom stereocenters. The average molecular weight is 757 g/mol. The summed E-state index contributed by atoms with van der Waals surface area (Å²) in [5, 5.41) is 0. The SMILES string of the molecule is CCCC1=C(C(=O)OCC)[C@@H](c2cc(Br)ccc2OC)n2c(s/c(=C/c3cc(OC)c(OCc4ccccc4)cc3Br)c2=O)=N1. The number of carbonyl (C=O) groups is 1. The molecule has 0 N–H and O–H groups in total. The Balaban J connectivity index is 1.66. The van der Waals surface area contributed by atoms with Crippen molar-refractivity contribution in [2.24, 2.45) is 4.99 Å². The molecule has 3 aromatic carbocycles. The van der Waals surface area contributed by atoms with E-state index in [0.717, 1.165) is 26.5 Å². The van der Waals surface area contributed by atoms with Gasteiger partial charge in [-0.15, -0.1) is 0 Å². The molecule has 4 aromatic rings. The van der Waals surface area contributed by atoms with Crippen molar-refractivity contribution >= 4 is 55.2 Å². The van der Waals surface area contributed by atoms with Gasteiger partial charge < -0.3 is 18.9 Å². The molecule has 1 aromatic heterocycles. The Morgan fingerprint density at radius 1 is 1.00 bits per heavy atom. The Labute approximate surface area is 281 Å². The van der Waals surface area contributed by atoms with Gasteiger partial charge in [0.15, 0.2) is 16.3 Å². The Bertz CT molecular complexity index is 1930. The molecule has 1 aliphatic heterocycles. The number of halogens is 2. The fraction of sp³-hybridized carbons (Fsp3) is 0.265. The van der Waals surface area contributed by atoms with Gasteiger partial charge in [-0.2, -0.15) is 0 Å². The zero-order valence-corrected chi connectivity index (χ0v) is 29.3. The minimum absolute atomic E-state index is 0.190. The summed E-state index contributed by atoms with van der Waals surface area (Å²) in [6.45, 7) is 4.35. The highest BCUT2D eigenvalue weighted by Gasteiger charge is 2.36. The number of hydrogen-bond donors (Lipinski definition) is 0. The normalized spacial score (nSPS) is 14.5. The van der Waals surface area contributed by atoms with Crippen molar-refractivity contribution < 1.29 is 23.7 Å². The molecule has 2 heterocycles. The number of hydrogen-bond acceptors (Lipinski definition) is 8. The second-order valence-corrected chi connectivity index (χ2v) is 12.9. The van der Waals surface area contributed by atoms with Gasteiger partial charge in [0, 0.05) is 14.5 Å². The number of thiazole rings is 1. The van der Waals surface area contributed by atoms with Crippen LogP contribution in [0, 0.1) is 0 Å². The predicted molar refractivity (Wildman–Crippen MR) is 182 cm³/mol. The highest BCUT2D eigenvalue weighted by Crippen LogP contribution is 2.39. The molecule has 11 heteroatoms. The molecule has 1 aliphatic rings. The van der Waals surface area contributed by atoms with Crippen LogP contribution in [0.25, 0.3) is 6.08 Å². The van der Waals surface area contributed by atoms with E-state index >= 15 is 0 Å². The smallest absolute Gasteiger partial charge is 0.338 e. The van der Waals surface area contributed by atoms with Crippen LogP contribution in [-0.4, -0.2) is 31.4 Å². The maximum absolute atomic E-state index is 14.3. The molecule has 234 valence electrons. The van der Waals surface area contributed by atoms with E-state index in [4.69, 9.17) is 23.9 Å². The molecule has 0 unspecified atom stereocenters. The first-order valence-corrected chi connectivity index (χ1v) is 16.8. The van der Waals surface area contributed by atoms with Gasteiger partial charge in [-0.1, -0.05) is 86.9 Å². The molecular weight excluding hydrogens is 724 g/mol. The number of nitrogens with zero attached hydrogens (tertiary/aromatic N) is 2. The summed E-state index contributed by atoms with van der Waals surface area (Å²) in [5.74, 6) is 1.12. The van der Waals surface area contributed by atoms with E-state index in [1.807, 2.05) is 67.6 Å². The number of aromatic nitrogens is 1. The maximum atomic E-state index is 14.3. The second-order valence-electron chi connectivity index (χ2n) is 10.1. The number of fused-ring (bicyclic) bond motifs is 1. The van der Waals surface area contributed by atoms with Crippen LogP contribution in [0.4, 0.5) is 0 Å². The molecule has 0 radical (unpaired) electrons. The fourth-order valence-corrected chi connectivity index (χ4v) is 6.97. The minimum atomic E-state index is -0.803. The van der Waals surface area contributed by atoms with Gasteiger partial charge in [0.25, 0.3) is 5.56 Å². The van der Waals surface area contributed by atoms with Gasteiger partial charge in [0.2, 0.25) is 0 Å². The van der Waals surface area contributed by atoms with E-state index in [0.29, 0.717) is 56.4 Å². The summed E-state index contributed by atoms with van der Waals surface area (Å²) >= 11 is 8.47. The van der Waals surface area contributed by atoms with E-state index in [1.54, 1.807) is 31.8 Å². The van der Waals surface area contributed by atoms with E-state index in [2.05, 4.69) is 31.9 Å². The largest absolute Gasteiger partial charge is 0.496 e. The Kier molecular flexibility index (Phi) is 10.6. The van der Waals surface area contributed by atoms with Crippen LogP contribution in [0.5, 0.6) is 17.2 Å². The maximum Gasteiger partial charge on any atom is 0.338 e. The molecule has 0 saturated carbocycles. The Morgan fingerprint density at radius 3 is 2.44 bits per heavy atom. The summed E-state index contributed by atoms with van der Waals surface area (Å²) in [5.41, 5.74) is 3.03. The lowest BCUT2D eigenvalue weighted by Crippen LogP contribution is -2.40. The molecule has 0 fully saturated rings. The van der Waals surface area contributed by atoms with Crippen LogP contribution in [-0.2, 0) is 16.1 Å². The molecule has 0 amide bonds. The number of carbonyl (C=O) groups excluding carboxylic acids is 1.